The first-order chi connectivity index (χ1) is 8.78. The molecule has 0 bridgehead atoms. The van der Waals surface area contributed by atoms with Crippen molar-refractivity contribution >= 4 is 0 Å². The number of aliphatic hydroxyl groups is 1. The molecule has 0 fully saturated rings. The highest BCUT2D eigenvalue weighted by Gasteiger charge is 1.99. The third-order valence-corrected chi connectivity index (χ3v) is 2.69. The van der Waals surface area contributed by atoms with Gasteiger partial charge in [0.05, 0.1) is 25.5 Å². The van der Waals surface area contributed by atoms with Crippen molar-refractivity contribution in [3.05, 3.63) is 35.9 Å². The molecule has 6 heteroatoms. The predicted molar refractivity (Wildman–Crippen MR) is 67.9 cm³/mol. The third-order valence-electron chi connectivity index (χ3n) is 2.69. The summed E-state index contributed by atoms with van der Waals surface area (Å²) in [5.41, 5.74) is 2.37. The smallest absolute Gasteiger partial charge is 0.0640 e. The van der Waals surface area contributed by atoms with Crippen LogP contribution < -0.4 is 5.32 Å². The van der Waals surface area contributed by atoms with Crippen molar-refractivity contribution in [3.63, 3.8) is 0 Å². The molecule has 2 aromatic heterocycles. The Morgan fingerprint density at radius 3 is 2.78 bits per heavy atom. The fourth-order valence-corrected chi connectivity index (χ4v) is 1.79. The molecule has 2 heterocycles. The zero-order valence-corrected chi connectivity index (χ0v) is 10.6. The van der Waals surface area contributed by atoms with Crippen molar-refractivity contribution in [2.75, 3.05) is 13.2 Å². The number of hydrogen-bond donors (Lipinski definition) is 2. The molecule has 0 aromatic carbocycles. The number of nitrogens with zero attached hydrogens (tertiary/aromatic N) is 4. The Balaban J connectivity index is 1.68. The van der Waals surface area contributed by atoms with Gasteiger partial charge in [0.1, 0.15) is 0 Å². The van der Waals surface area contributed by atoms with Gasteiger partial charge in [0, 0.05) is 31.5 Å². The second-order valence-corrected chi connectivity index (χ2v) is 4.28. The summed E-state index contributed by atoms with van der Waals surface area (Å²) in [4.78, 5) is 0. The summed E-state index contributed by atoms with van der Waals surface area (Å²) in [6, 6.07) is 0. The van der Waals surface area contributed by atoms with Crippen LogP contribution in [0.1, 0.15) is 11.1 Å². The Kier molecular flexibility index (Phi) is 4.49. The van der Waals surface area contributed by atoms with Crippen LogP contribution in [0.25, 0.3) is 0 Å². The molecule has 0 aliphatic rings. The van der Waals surface area contributed by atoms with Crippen LogP contribution in [0.5, 0.6) is 0 Å². The lowest BCUT2D eigenvalue weighted by atomic mass is 10.2. The molecule has 0 aliphatic heterocycles. The Bertz CT molecular complexity index is 476. The molecule has 0 saturated carbocycles. The molecule has 0 spiro atoms. The number of nitrogens with one attached hydrogen (secondary N) is 1. The molecule has 2 N–H and O–H groups in total. The van der Waals surface area contributed by atoms with E-state index in [1.807, 2.05) is 36.5 Å². The zero-order chi connectivity index (χ0) is 12.8. The van der Waals surface area contributed by atoms with Crippen molar-refractivity contribution in [1.82, 2.24) is 24.9 Å². The van der Waals surface area contributed by atoms with Crippen LogP contribution in [0.4, 0.5) is 0 Å². The number of aliphatic hydroxyl groups excluding tert-OH is 1. The Morgan fingerprint density at radius 1 is 1.22 bits per heavy atom. The van der Waals surface area contributed by atoms with Gasteiger partial charge in [0.2, 0.25) is 0 Å². The Labute approximate surface area is 106 Å². The van der Waals surface area contributed by atoms with Crippen LogP contribution in [-0.2, 0) is 26.6 Å². The lowest BCUT2D eigenvalue weighted by Crippen LogP contribution is -2.16. The summed E-state index contributed by atoms with van der Waals surface area (Å²) in [6.07, 6.45) is 8.67. The van der Waals surface area contributed by atoms with E-state index in [1.54, 1.807) is 4.68 Å². The molecule has 18 heavy (non-hydrogen) atoms. The number of hydrogen-bond acceptors (Lipinski definition) is 4. The van der Waals surface area contributed by atoms with Gasteiger partial charge in [-0.2, -0.15) is 10.2 Å². The van der Waals surface area contributed by atoms with Gasteiger partial charge in [-0.15, -0.1) is 0 Å². The van der Waals surface area contributed by atoms with E-state index in [2.05, 4.69) is 15.5 Å². The lowest BCUT2D eigenvalue weighted by molar-refractivity contribution is 0.269. The average Bonchev–Trinajstić information content (AvgIpc) is 2.95. The summed E-state index contributed by atoms with van der Waals surface area (Å²) in [5.74, 6) is 0. The quantitative estimate of drug-likeness (QED) is 0.675. The fourth-order valence-electron chi connectivity index (χ4n) is 1.79. The predicted octanol–water partition coefficient (Wildman–Crippen LogP) is -0.0588. The number of aromatic nitrogens is 4. The minimum atomic E-state index is 0.121. The topological polar surface area (TPSA) is 67.9 Å². The SMILES string of the molecule is Cn1cc(CCNCc2cnn(CCO)c2)cn1. The van der Waals surface area contributed by atoms with E-state index in [9.17, 15) is 0 Å². The summed E-state index contributed by atoms with van der Waals surface area (Å²) in [5, 5.41) is 20.4. The Hall–Kier alpha value is -1.66. The molecular formula is C12H19N5O. The van der Waals surface area contributed by atoms with E-state index in [0.29, 0.717) is 6.54 Å². The highest BCUT2D eigenvalue weighted by molar-refractivity contribution is 5.05. The van der Waals surface area contributed by atoms with Crippen LogP contribution >= 0.6 is 0 Å². The first-order valence-corrected chi connectivity index (χ1v) is 6.08. The molecule has 0 amide bonds. The first kappa shape index (κ1) is 12.8. The molecule has 0 radical (unpaired) electrons. The van der Waals surface area contributed by atoms with Gasteiger partial charge in [-0.05, 0) is 18.5 Å². The van der Waals surface area contributed by atoms with Crippen LogP contribution in [0.3, 0.4) is 0 Å². The van der Waals surface area contributed by atoms with Crippen LogP contribution in [-0.4, -0.2) is 37.8 Å². The molecule has 0 atom stereocenters. The van der Waals surface area contributed by atoms with Crippen molar-refractivity contribution in [1.29, 1.82) is 0 Å². The van der Waals surface area contributed by atoms with Crippen LogP contribution in [0.15, 0.2) is 24.8 Å². The molecule has 2 rings (SSSR count). The Morgan fingerprint density at radius 2 is 2.06 bits per heavy atom. The third kappa shape index (κ3) is 3.68. The summed E-state index contributed by atoms with van der Waals surface area (Å²) < 4.78 is 3.56. The molecular weight excluding hydrogens is 230 g/mol. The number of rotatable bonds is 7. The van der Waals surface area contributed by atoms with E-state index in [0.717, 1.165) is 25.1 Å². The minimum Gasteiger partial charge on any atom is -0.394 e. The molecule has 98 valence electrons. The van der Waals surface area contributed by atoms with E-state index in [-0.39, 0.29) is 6.61 Å². The zero-order valence-electron chi connectivity index (χ0n) is 10.6. The van der Waals surface area contributed by atoms with Gasteiger partial charge in [0.15, 0.2) is 0 Å². The maximum atomic E-state index is 8.79. The van der Waals surface area contributed by atoms with E-state index >= 15 is 0 Å². The van der Waals surface area contributed by atoms with Crippen molar-refractivity contribution in [2.24, 2.45) is 7.05 Å². The van der Waals surface area contributed by atoms with E-state index in [4.69, 9.17) is 5.11 Å². The maximum Gasteiger partial charge on any atom is 0.0640 e. The molecule has 6 nitrogen and oxygen atoms in total. The van der Waals surface area contributed by atoms with Crippen LogP contribution in [0, 0.1) is 0 Å². The van der Waals surface area contributed by atoms with Gasteiger partial charge in [0.25, 0.3) is 0 Å². The van der Waals surface area contributed by atoms with Gasteiger partial charge < -0.3 is 10.4 Å². The van der Waals surface area contributed by atoms with E-state index < -0.39 is 0 Å². The van der Waals surface area contributed by atoms with Gasteiger partial charge >= 0.3 is 0 Å². The second-order valence-electron chi connectivity index (χ2n) is 4.28. The first-order valence-electron chi connectivity index (χ1n) is 6.08. The van der Waals surface area contributed by atoms with E-state index in [1.165, 1.54) is 5.56 Å². The van der Waals surface area contributed by atoms with Gasteiger partial charge in [-0.3, -0.25) is 9.36 Å². The average molecular weight is 249 g/mol. The number of aryl methyl sites for hydroxylation is 1. The molecule has 0 unspecified atom stereocenters. The lowest BCUT2D eigenvalue weighted by Gasteiger charge is -2.01. The largest absolute Gasteiger partial charge is 0.394 e. The normalized spacial score (nSPS) is 11.0. The minimum absolute atomic E-state index is 0.121. The maximum absolute atomic E-state index is 8.79. The summed E-state index contributed by atoms with van der Waals surface area (Å²) >= 11 is 0. The van der Waals surface area contributed by atoms with Crippen molar-refractivity contribution in [3.8, 4) is 0 Å². The fraction of sp³-hybridized carbons (Fsp3) is 0.500. The van der Waals surface area contributed by atoms with Crippen molar-refractivity contribution < 1.29 is 5.11 Å². The highest BCUT2D eigenvalue weighted by Crippen LogP contribution is 1.99. The summed E-state index contributed by atoms with van der Waals surface area (Å²) in [6.45, 7) is 2.38. The van der Waals surface area contributed by atoms with Gasteiger partial charge in [-0.1, -0.05) is 0 Å². The molecule has 0 saturated heterocycles. The highest BCUT2D eigenvalue weighted by atomic mass is 16.3. The van der Waals surface area contributed by atoms with Gasteiger partial charge in [-0.25, -0.2) is 0 Å². The second kappa shape index (κ2) is 6.32. The monoisotopic (exact) mass is 249 g/mol. The standard InChI is InChI=1S/C12H19N5O/c1-16-9-11(7-14-16)2-3-13-6-12-8-15-17(10-12)4-5-18/h7-10,13,18H,2-6H2,1H3. The summed E-state index contributed by atoms with van der Waals surface area (Å²) in [7, 11) is 1.92. The van der Waals surface area contributed by atoms with Crippen LogP contribution in [0.2, 0.25) is 0 Å². The molecule has 2 aromatic rings. The molecule has 0 aliphatic carbocycles. The van der Waals surface area contributed by atoms with Crippen molar-refractivity contribution in [2.45, 2.75) is 19.5 Å².